The minimum absolute atomic E-state index is 0.235. The summed E-state index contributed by atoms with van der Waals surface area (Å²) < 4.78 is 10.7. The Morgan fingerprint density at radius 2 is 1.79 bits per heavy atom. The lowest BCUT2D eigenvalue weighted by Crippen LogP contribution is -1.87. The van der Waals surface area contributed by atoms with Crippen molar-refractivity contribution in [2.24, 2.45) is 4.99 Å². The Hall–Kier alpha value is -3.34. The maximum Gasteiger partial charge on any atom is 0.310 e. The molecule has 0 spiro atoms. The molecule has 0 fully saturated rings. The number of oxazole rings is 1. The van der Waals surface area contributed by atoms with Gasteiger partial charge in [-0.2, -0.15) is 0 Å². The second-order valence-electron chi connectivity index (χ2n) is 5.28. The van der Waals surface area contributed by atoms with E-state index in [1.165, 1.54) is 0 Å². The first-order valence-electron chi connectivity index (χ1n) is 7.44. The van der Waals surface area contributed by atoms with E-state index in [4.69, 9.17) is 9.15 Å². The monoisotopic (exact) mass is 318 g/mol. The van der Waals surface area contributed by atoms with E-state index in [0.717, 1.165) is 16.8 Å². The summed E-state index contributed by atoms with van der Waals surface area (Å²) >= 11 is 0. The van der Waals surface area contributed by atoms with Crippen molar-refractivity contribution in [3.05, 3.63) is 59.8 Å². The van der Waals surface area contributed by atoms with Crippen molar-refractivity contribution >= 4 is 23.6 Å². The predicted molar refractivity (Wildman–Crippen MR) is 92.6 cm³/mol. The summed E-state index contributed by atoms with van der Waals surface area (Å²) in [6.45, 7) is 0. The van der Waals surface area contributed by atoms with Crippen molar-refractivity contribution in [1.29, 1.82) is 0 Å². The summed E-state index contributed by atoms with van der Waals surface area (Å²) in [6, 6.07) is 15.2. The Morgan fingerprint density at radius 3 is 2.62 bits per heavy atom. The SMILES string of the molecule is COc1ccccc1-c1nc(/C=C2\C=Nc3ccccc32)c(O)o1. The molecule has 0 amide bonds. The zero-order valence-electron chi connectivity index (χ0n) is 12.9. The number of benzene rings is 2. The Kier molecular flexibility index (Phi) is 3.39. The van der Waals surface area contributed by atoms with Crippen LogP contribution in [0, 0.1) is 0 Å². The molecule has 0 unspecified atom stereocenters. The minimum Gasteiger partial charge on any atom is -0.496 e. The van der Waals surface area contributed by atoms with Gasteiger partial charge in [0.25, 0.3) is 0 Å². The van der Waals surface area contributed by atoms with Gasteiger partial charge in [0.2, 0.25) is 5.89 Å². The molecule has 5 nitrogen and oxygen atoms in total. The fraction of sp³-hybridized carbons (Fsp3) is 0.0526. The third kappa shape index (κ3) is 2.36. The van der Waals surface area contributed by atoms with E-state index < -0.39 is 0 Å². The molecule has 1 aliphatic heterocycles. The van der Waals surface area contributed by atoms with Crippen molar-refractivity contribution in [1.82, 2.24) is 4.98 Å². The van der Waals surface area contributed by atoms with Crippen LogP contribution >= 0.6 is 0 Å². The number of methoxy groups -OCH3 is 1. The average Bonchev–Trinajstić information content (AvgIpc) is 3.19. The molecule has 24 heavy (non-hydrogen) atoms. The lowest BCUT2D eigenvalue weighted by molar-refractivity contribution is 0.335. The quantitative estimate of drug-likeness (QED) is 0.781. The summed E-state index contributed by atoms with van der Waals surface area (Å²) in [6.07, 6.45) is 3.51. The zero-order valence-corrected chi connectivity index (χ0v) is 12.9. The summed E-state index contributed by atoms with van der Waals surface area (Å²) in [5, 5.41) is 10.1. The van der Waals surface area contributed by atoms with Crippen LogP contribution < -0.4 is 4.74 Å². The molecule has 1 aliphatic rings. The van der Waals surface area contributed by atoms with Crippen LogP contribution in [-0.4, -0.2) is 23.4 Å². The van der Waals surface area contributed by atoms with Crippen LogP contribution in [0.4, 0.5) is 5.69 Å². The first-order valence-corrected chi connectivity index (χ1v) is 7.44. The zero-order chi connectivity index (χ0) is 16.5. The van der Waals surface area contributed by atoms with Gasteiger partial charge in [0, 0.05) is 17.4 Å². The number of aliphatic imine (C=N–C) groups is 1. The van der Waals surface area contributed by atoms with E-state index in [0.29, 0.717) is 22.9 Å². The molecular weight excluding hydrogens is 304 g/mol. The third-order valence-electron chi connectivity index (χ3n) is 3.82. The molecule has 0 atom stereocenters. The van der Waals surface area contributed by atoms with Gasteiger partial charge in [0.15, 0.2) is 0 Å². The van der Waals surface area contributed by atoms with Crippen LogP contribution in [-0.2, 0) is 0 Å². The van der Waals surface area contributed by atoms with Gasteiger partial charge < -0.3 is 14.3 Å². The molecule has 5 heteroatoms. The second kappa shape index (κ2) is 5.70. The molecule has 0 aliphatic carbocycles. The Morgan fingerprint density at radius 1 is 1.04 bits per heavy atom. The number of ether oxygens (including phenoxy) is 1. The Labute approximate surface area is 138 Å². The van der Waals surface area contributed by atoms with Crippen molar-refractivity contribution in [2.75, 3.05) is 7.11 Å². The standard InChI is InChI=1S/C19H14N2O3/c1-23-17-9-5-3-7-14(17)18-21-16(19(22)24-18)10-12-11-20-15-8-4-2-6-13(12)15/h2-11,22H,1H3/b12-10+. The van der Waals surface area contributed by atoms with Crippen molar-refractivity contribution in [3.63, 3.8) is 0 Å². The molecule has 1 N–H and O–H groups in total. The van der Waals surface area contributed by atoms with E-state index >= 15 is 0 Å². The lowest BCUT2D eigenvalue weighted by Gasteiger charge is -2.03. The van der Waals surface area contributed by atoms with E-state index in [1.807, 2.05) is 48.5 Å². The van der Waals surface area contributed by atoms with Gasteiger partial charge in [-0.25, -0.2) is 4.98 Å². The number of fused-ring (bicyclic) bond motifs is 1. The first kappa shape index (κ1) is 14.3. The highest BCUT2D eigenvalue weighted by atomic mass is 16.5. The van der Waals surface area contributed by atoms with Gasteiger partial charge >= 0.3 is 5.95 Å². The molecule has 0 saturated carbocycles. The normalized spacial score (nSPS) is 14.1. The number of aromatic hydroxyl groups is 1. The molecule has 0 saturated heterocycles. The van der Waals surface area contributed by atoms with E-state index in [2.05, 4.69) is 9.98 Å². The number of allylic oxidation sites excluding steroid dienone is 1. The van der Waals surface area contributed by atoms with Gasteiger partial charge in [-0.15, -0.1) is 0 Å². The number of hydrogen-bond donors (Lipinski definition) is 1. The maximum absolute atomic E-state index is 10.1. The highest BCUT2D eigenvalue weighted by Gasteiger charge is 2.18. The number of rotatable bonds is 3. The van der Waals surface area contributed by atoms with Gasteiger partial charge in [-0.05, 0) is 24.3 Å². The van der Waals surface area contributed by atoms with Gasteiger partial charge in [0.05, 0.1) is 18.4 Å². The van der Waals surface area contributed by atoms with Crippen LogP contribution in [0.3, 0.4) is 0 Å². The average molecular weight is 318 g/mol. The summed E-state index contributed by atoms with van der Waals surface area (Å²) in [5.41, 5.74) is 3.81. The molecule has 0 radical (unpaired) electrons. The molecule has 3 aromatic rings. The van der Waals surface area contributed by atoms with E-state index in [1.54, 1.807) is 19.4 Å². The van der Waals surface area contributed by atoms with Gasteiger partial charge in [-0.3, -0.25) is 4.99 Å². The molecule has 2 heterocycles. The highest BCUT2D eigenvalue weighted by Crippen LogP contribution is 2.36. The van der Waals surface area contributed by atoms with Gasteiger partial charge in [0.1, 0.15) is 11.4 Å². The van der Waals surface area contributed by atoms with E-state index in [9.17, 15) is 5.11 Å². The van der Waals surface area contributed by atoms with Gasteiger partial charge in [-0.1, -0.05) is 30.3 Å². The Bertz CT molecular complexity index is 970. The number of nitrogens with zero attached hydrogens (tertiary/aromatic N) is 2. The summed E-state index contributed by atoms with van der Waals surface area (Å²) in [4.78, 5) is 8.74. The minimum atomic E-state index is -0.235. The largest absolute Gasteiger partial charge is 0.496 e. The molecule has 4 rings (SSSR count). The van der Waals surface area contributed by atoms with Crippen LogP contribution in [0.15, 0.2) is 57.9 Å². The highest BCUT2D eigenvalue weighted by molar-refractivity contribution is 6.21. The molecule has 2 aromatic carbocycles. The van der Waals surface area contributed by atoms with E-state index in [-0.39, 0.29) is 5.95 Å². The topological polar surface area (TPSA) is 67.9 Å². The second-order valence-corrected chi connectivity index (χ2v) is 5.28. The molecular formula is C19H14N2O3. The number of hydrogen-bond acceptors (Lipinski definition) is 5. The third-order valence-corrected chi connectivity index (χ3v) is 3.82. The summed E-state index contributed by atoms with van der Waals surface area (Å²) in [7, 11) is 1.58. The lowest BCUT2D eigenvalue weighted by atomic mass is 10.1. The predicted octanol–water partition coefficient (Wildman–Crippen LogP) is 4.31. The van der Waals surface area contributed by atoms with Crippen LogP contribution in [0.25, 0.3) is 23.1 Å². The smallest absolute Gasteiger partial charge is 0.310 e. The molecule has 118 valence electrons. The Balaban J connectivity index is 1.76. The fourth-order valence-corrected chi connectivity index (χ4v) is 2.66. The van der Waals surface area contributed by atoms with Crippen molar-refractivity contribution in [3.8, 4) is 23.1 Å². The first-order chi connectivity index (χ1) is 11.8. The fourth-order valence-electron chi connectivity index (χ4n) is 2.66. The molecule has 0 bridgehead atoms. The summed E-state index contributed by atoms with van der Waals surface area (Å²) in [5.74, 6) is 0.701. The number of aromatic nitrogens is 1. The van der Waals surface area contributed by atoms with Crippen molar-refractivity contribution < 1.29 is 14.3 Å². The van der Waals surface area contributed by atoms with Crippen LogP contribution in [0.5, 0.6) is 11.7 Å². The number of para-hydroxylation sites is 2. The van der Waals surface area contributed by atoms with Crippen molar-refractivity contribution in [2.45, 2.75) is 0 Å². The molecule has 1 aromatic heterocycles. The van der Waals surface area contributed by atoms with Crippen LogP contribution in [0.2, 0.25) is 0 Å². The van der Waals surface area contributed by atoms with Crippen LogP contribution in [0.1, 0.15) is 11.3 Å². The maximum atomic E-state index is 10.1.